The zero-order chi connectivity index (χ0) is 40.0. The van der Waals surface area contributed by atoms with E-state index in [-0.39, 0.29) is 5.41 Å². The minimum absolute atomic E-state index is 0.0273. The maximum Gasteiger partial charge on any atom is 0.160 e. The molecule has 1 spiro atoms. The van der Waals surface area contributed by atoms with Gasteiger partial charge in [0, 0.05) is 34.5 Å². The van der Waals surface area contributed by atoms with Gasteiger partial charge in [-0.15, -0.1) is 0 Å². The van der Waals surface area contributed by atoms with Crippen LogP contribution in [0.5, 0.6) is 0 Å². The van der Waals surface area contributed by atoms with Gasteiger partial charge in [0.05, 0.1) is 23.0 Å². The quantitative estimate of drug-likeness (QED) is 0.169. The molecule has 0 bridgehead atoms. The first-order valence-corrected chi connectivity index (χ1v) is 20.9. The summed E-state index contributed by atoms with van der Waals surface area (Å²) in [5, 5.41) is 12.4. The zero-order valence-electron chi connectivity index (χ0n) is 33.1. The molecule has 2 heterocycles. The monoisotopic (exact) mass is 768 g/mol. The molecule has 2 aromatic heterocycles. The third-order valence-corrected chi connectivity index (χ3v) is 12.9. The molecule has 0 aliphatic heterocycles. The largest absolute Gasteiger partial charge is 0.264 e. The van der Waals surface area contributed by atoms with Gasteiger partial charge in [-0.2, -0.15) is 5.26 Å². The first kappa shape index (κ1) is 35.7. The number of hydrogen-bond donors (Lipinski definition) is 0. The van der Waals surface area contributed by atoms with Gasteiger partial charge in [-0.05, 0) is 104 Å². The first-order valence-electron chi connectivity index (χ1n) is 20.9. The fourth-order valence-electron chi connectivity index (χ4n) is 9.97. The van der Waals surface area contributed by atoms with Crippen LogP contribution in [0.2, 0.25) is 0 Å². The lowest BCUT2D eigenvalue weighted by molar-refractivity contribution is 0.353. The van der Waals surface area contributed by atoms with Crippen molar-refractivity contribution in [3.63, 3.8) is 0 Å². The summed E-state index contributed by atoms with van der Waals surface area (Å²) in [6.07, 6.45) is 9.64. The van der Waals surface area contributed by atoms with Crippen molar-refractivity contribution in [3.05, 3.63) is 199 Å². The van der Waals surface area contributed by atoms with Crippen molar-refractivity contribution < 1.29 is 0 Å². The molecular formula is C56H40N4. The normalized spacial score (nSPS) is 13.8. The molecule has 1 saturated carbocycles. The SMILES string of the molecule is N#Cc1ccc2c(c1)C1(CCCCC1)c1cccc(-c3ccc(-c4ccc(-c5cc(-c6ccc(-c7cccnc7)cc6)nc(-c6ccccc6)n5)cc4)c4ccccc34)c1-2. The number of rotatable bonds is 6. The standard InChI is InChI=1S/C56H40N4/c57-35-37-18-27-49-51(33-37)56(30-7-2-8-31-56)50-17-9-16-48(54(49)50)47-29-28-44(45-14-5-6-15-46(45)47)39-21-25-41(26-22-39)53-34-52(59-55(60-53)42-11-3-1-4-12-42)40-23-19-38(20-24-40)43-13-10-32-58-36-43/h1,3-6,9-29,32-34,36H,2,7-8,30-31H2. The van der Waals surface area contributed by atoms with E-state index in [0.717, 1.165) is 63.2 Å². The maximum absolute atomic E-state index is 9.91. The molecule has 0 amide bonds. The van der Waals surface area contributed by atoms with Crippen LogP contribution in [0, 0.1) is 11.3 Å². The summed E-state index contributed by atoms with van der Waals surface area (Å²) in [4.78, 5) is 14.5. The van der Waals surface area contributed by atoms with E-state index in [1.807, 2.05) is 36.5 Å². The molecule has 60 heavy (non-hydrogen) atoms. The lowest BCUT2D eigenvalue weighted by Crippen LogP contribution is -2.28. The number of nitriles is 1. The van der Waals surface area contributed by atoms with Crippen LogP contribution in [-0.4, -0.2) is 15.0 Å². The molecule has 2 aliphatic carbocycles. The van der Waals surface area contributed by atoms with Crippen molar-refractivity contribution in [2.75, 3.05) is 0 Å². The molecule has 0 unspecified atom stereocenters. The van der Waals surface area contributed by atoms with E-state index in [1.54, 1.807) is 6.20 Å². The van der Waals surface area contributed by atoms with E-state index in [1.165, 1.54) is 69.0 Å². The first-order chi connectivity index (χ1) is 29.7. The highest BCUT2D eigenvalue weighted by Crippen LogP contribution is 2.58. The summed E-state index contributed by atoms with van der Waals surface area (Å²) >= 11 is 0. The molecular weight excluding hydrogens is 729 g/mol. The van der Waals surface area contributed by atoms with E-state index in [0.29, 0.717) is 5.82 Å². The predicted molar refractivity (Wildman–Crippen MR) is 244 cm³/mol. The Morgan fingerprint density at radius 3 is 1.78 bits per heavy atom. The number of pyridine rings is 1. The minimum Gasteiger partial charge on any atom is -0.264 e. The van der Waals surface area contributed by atoms with Crippen molar-refractivity contribution >= 4 is 10.8 Å². The van der Waals surface area contributed by atoms with Crippen LogP contribution in [0.15, 0.2) is 182 Å². The van der Waals surface area contributed by atoms with E-state index < -0.39 is 0 Å². The van der Waals surface area contributed by atoms with Gasteiger partial charge >= 0.3 is 0 Å². The third kappa shape index (κ3) is 6.01. The summed E-state index contributed by atoms with van der Waals surface area (Å²) in [6, 6.07) is 62.8. The highest BCUT2D eigenvalue weighted by atomic mass is 14.9. The lowest BCUT2D eigenvalue weighted by atomic mass is 9.67. The number of hydrogen-bond acceptors (Lipinski definition) is 4. The molecule has 4 heteroatoms. The predicted octanol–water partition coefficient (Wildman–Crippen LogP) is 14.1. The smallest absolute Gasteiger partial charge is 0.160 e. The van der Waals surface area contributed by atoms with Gasteiger partial charge in [0.25, 0.3) is 0 Å². The molecule has 2 aliphatic rings. The number of benzene rings is 7. The van der Waals surface area contributed by atoms with Crippen molar-refractivity contribution in [1.82, 2.24) is 15.0 Å². The average Bonchev–Trinajstić information content (AvgIpc) is 3.59. The number of aromatic nitrogens is 3. The Kier molecular flexibility index (Phi) is 8.75. The molecule has 0 radical (unpaired) electrons. The third-order valence-electron chi connectivity index (χ3n) is 12.9. The van der Waals surface area contributed by atoms with Crippen LogP contribution in [0.25, 0.3) is 89.2 Å². The Balaban J connectivity index is 0.981. The number of fused-ring (bicyclic) bond motifs is 6. The fourth-order valence-corrected chi connectivity index (χ4v) is 9.97. The van der Waals surface area contributed by atoms with Crippen molar-refractivity contribution in [1.29, 1.82) is 5.26 Å². The maximum atomic E-state index is 9.91. The Labute approximate surface area is 350 Å². The Morgan fingerprint density at radius 2 is 1.08 bits per heavy atom. The molecule has 4 nitrogen and oxygen atoms in total. The molecule has 1 fully saturated rings. The fraction of sp³-hybridized carbons (Fsp3) is 0.107. The van der Waals surface area contributed by atoms with Crippen LogP contribution in [0.3, 0.4) is 0 Å². The summed E-state index contributed by atoms with van der Waals surface area (Å²) < 4.78 is 0. The van der Waals surface area contributed by atoms with Crippen molar-refractivity contribution in [2.24, 2.45) is 0 Å². The second-order valence-electron chi connectivity index (χ2n) is 16.2. The number of nitrogens with zero attached hydrogens (tertiary/aromatic N) is 4. The Hall–Kier alpha value is -7.48. The molecule has 11 rings (SSSR count). The average molecular weight is 769 g/mol. The summed E-state index contributed by atoms with van der Waals surface area (Å²) in [7, 11) is 0. The van der Waals surface area contributed by atoms with E-state index in [4.69, 9.17) is 9.97 Å². The molecule has 284 valence electrons. The molecule has 9 aromatic rings. The van der Waals surface area contributed by atoms with Gasteiger partial charge in [-0.25, -0.2) is 9.97 Å². The molecule has 7 aromatic carbocycles. The van der Waals surface area contributed by atoms with E-state index in [2.05, 4.69) is 151 Å². The topological polar surface area (TPSA) is 62.5 Å². The Morgan fingerprint density at radius 1 is 0.450 bits per heavy atom. The minimum atomic E-state index is -0.0273. The molecule has 0 N–H and O–H groups in total. The molecule has 0 atom stereocenters. The Bertz CT molecular complexity index is 3100. The van der Waals surface area contributed by atoms with Gasteiger partial charge in [0.15, 0.2) is 5.82 Å². The zero-order valence-corrected chi connectivity index (χ0v) is 33.1. The van der Waals surface area contributed by atoms with Gasteiger partial charge in [-0.3, -0.25) is 4.98 Å². The van der Waals surface area contributed by atoms with Crippen LogP contribution >= 0.6 is 0 Å². The van der Waals surface area contributed by atoms with Gasteiger partial charge < -0.3 is 0 Å². The lowest BCUT2D eigenvalue weighted by Gasteiger charge is -2.36. The second kappa shape index (κ2) is 14.7. The van der Waals surface area contributed by atoms with Gasteiger partial charge in [-0.1, -0.05) is 165 Å². The summed E-state index contributed by atoms with van der Waals surface area (Å²) in [5.41, 5.74) is 17.9. The van der Waals surface area contributed by atoms with Gasteiger partial charge in [0.1, 0.15) is 0 Å². The van der Waals surface area contributed by atoms with Crippen LogP contribution in [-0.2, 0) is 5.41 Å². The summed E-state index contributed by atoms with van der Waals surface area (Å²) in [5.74, 6) is 0.694. The van der Waals surface area contributed by atoms with Crippen LogP contribution in [0.1, 0.15) is 48.8 Å². The molecule has 0 saturated heterocycles. The van der Waals surface area contributed by atoms with Crippen molar-refractivity contribution in [3.8, 4) is 84.5 Å². The second-order valence-corrected chi connectivity index (χ2v) is 16.2. The van der Waals surface area contributed by atoms with Crippen molar-refractivity contribution in [2.45, 2.75) is 37.5 Å². The van der Waals surface area contributed by atoms with Crippen LogP contribution in [0.4, 0.5) is 0 Å². The summed E-state index contributed by atoms with van der Waals surface area (Å²) in [6.45, 7) is 0. The van der Waals surface area contributed by atoms with E-state index in [9.17, 15) is 5.26 Å². The highest BCUT2D eigenvalue weighted by molar-refractivity contribution is 6.08. The van der Waals surface area contributed by atoms with Crippen LogP contribution < -0.4 is 0 Å². The van der Waals surface area contributed by atoms with E-state index >= 15 is 0 Å². The van der Waals surface area contributed by atoms with Gasteiger partial charge in [0.2, 0.25) is 0 Å². The highest BCUT2D eigenvalue weighted by Gasteiger charge is 2.44.